The number of ether oxygens (including phenoxy) is 1. The second kappa shape index (κ2) is 8.19. The Labute approximate surface area is 196 Å². The third-order valence-corrected chi connectivity index (χ3v) is 6.08. The first-order valence-corrected chi connectivity index (χ1v) is 10.9. The number of amides is 1. The number of hydrogen-bond acceptors (Lipinski definition) is 5. The van der Waals surface area contributed by atoms with E-state index in [4.69, 9.17) is 4.74 Å². The van der Waals surface area contributed by atoms with Gasteiger partial charge in [0, 0.05) is 5.56 Å². The van der Waals surface area contributed by atoms with Gasteiger partial charge in [-0.15, -0.1) is 0 Å². The zero-order valence-electron chi connectivity index (χ0n) is 19.0. The summed E-state index contributed by atoms with van der Waals surface area (Å²) in [5.74, 6) is -0.848. The van der Waals surface area contributed by atoms with E-state index in [-0.39, 0.29) is 17.3 Å². The molecule has 0 aliphatic carbocycles. The number of rotatable bonds is 4. The normalized spacial score (nSPS) is 17.5. The molecule has 2 heterocycles. The monoisotopic (exact) mass is 453 g/mol. The Morgan fingerprint density at radius 2 is 1.82 bits per heavy atom. The molecular weight excluding hydrogens is 430 g/mol. The highest BCUT2D eigenvalue weighted by Crippen LogP contribution is 2.42. The molecule has 2 N–H and O–H groups in total. The molecule has 7 heteroatoms. The molecule has 5 rings (SSSR count). The molecule has 1 unspecified atom stereocenters. The van der Waals surface area contributed by atoms with E-state index >= 15 is 0 Å². The molecule has 0 saturated carbocycles. The topological polar surface area (TPSA) is 95.5 Å². The lowest BCUT2D eigenvalue weighted by atomic mass is 9.94. The van der Waals surface area contributed by atoms with Gasteiger partial charge in [0.2, 0.25) is 5.95 Å². The Bertz CT molecular complexity index is 1450. The number of fused-ring (bicyclic) bond motifs is 1. The summed E-state index contributed by atoms with van der Waals surface area (Å²) in [5, 5.41) is 11.3. The Morgan fingerprint density at radius 3 is 2.53 bits per heavy atom. The summed E-state index contributed by atoms with van der Waals surface area (Å²) in [7, 11) is 1.57. The van der Waals surface area contributed by atoms with Gasteiger partial charge in [0.05, 0.1) is 29.8 Å². The van der Waals surface area contributed by atoms with Crippen LogP contribution in [-0.2, 0) is 9.59 Å². The van der Waals surface area contributed by atoms with E-state index in [1.54, 1.807) is 25.3 Å². The fourth-order valence-corrected chi connectivity index (χ4v) is 4.44. The number of aromatic amines is 1. The first kappa shape index (κ1) is 21.5. The highest BCUT2D eigenvalue weighted by Gasteiger charge is 2.48. The van der Waals surface area contributed by atoms with Gasteiger partial charge >= 0.3 is 5.91 Å². The van der Waals surface area contributed by atoms with Gasteiger partial charge in [-0.05, 0) is 55.3 Å². The number of imidazole rings is 1. The highest BCUT2D eigenvalue weighted by molar-refractivity contribution is 6.51. The summed E-state index contributed by atoms with van der Waals surface area (Å²) in [6.45, 7) is 3.78. The number of aliphatic hydroxyl groups excluding tert-OH is 1. The van der Waals surface area contributed by atoms with Crippen LogP contribution in [0.2, 0.25) is 0 Å². The molecule has 0 spiro atoms. The average molecular weight is 453 g/mol. The van der Waals surface area contributed by atoms with Crippen molar-refractivity contribution in [1.82, 2.24) is 9.97 Å². The third kappa shape index (κ3) is 3.42. The number of aromatic nitrogens is 2. The molecule has 0 bridgehead atoms. The number of nitrogens with zero attached hydrogens (tertiary/aromatic N) is 2. The van der Waals surface area contributed by atoms with Crippen molar-refractivity contribution >= 4 is 34.4 Å². The predicted molar refractivity (Wildman–Crippen MR) is 130 cm³/mol. The Kier molecular flexibility index (Phi) is 5.17. The number of H-pyrrole nitrogens is 1. The number of carbonyl (C=O) groups excluding carboxylic acids is 2. The number of nitrogens with one attached hydrogen (secondary N) is 1. The van der Waals surface area contributed by atoms with Crippen LogP contribution in [0, 0.1) is 13.8 Å². The number of benzene rings is 3. The van der Waals surface area contributed by atoms with Gasteiger partial charge in [-0.25, -0.2) is 4.98 Å². The van der Waals surface area contributed by atoms with Crippen molar-refractivity contribution < 1.29 is 19.4 Å². The van der Waals surface area contributed by atoms with Crippen molar-refractivity contribution in [2.75, 3.05) is 12.0 Å². The van der Waals surface area contributed by atoms with E-state index in [1.165, 1.54) is 4.90 Å². The molecule has 170 valence electrons. The predicted octanol–water partition coefficient (Wildman–Crippen LogP) is 4.81. The standard InChI is InChI=1S/C27H23N3O4/c1-15-7-6-8-17(13-15)23-22(24(31)18-11-12-21(34-3)16(2)14-18)25(32)26(33)30(23)27-28-19-9-4-5-10-20(19)29-27/h4-14,23,31H,1-3H3,(H,28,29)/b24-22+. The van der Waals surface area contributed by atoms with Gasteiger partial charge < -0.3 is 14.8 Å². The minimum absolute atomic E-state index is 0.0145. The Hall–Kier alpha value is -4.39. The number of methoxy groups -OCH3 is 1. The van der Waals surface area contributed by atoms with Crippen molar-refractivity contribution in [3.05, 3.63) is 94.6 Å². The lowest BCUT2D eigenvalue weighted by Crippen LogP contribution is -2.30. The molecular formula is C27H23N3O4. The SMILES string of the molecule is COc1ccc(/C(O)=C2\C(=O)C(=O)N(c3nc4ccccc4[nH]3)C2c2cccc(C)c2)cc1C. The van der Waals surface area contributed by atoms with E-state index in [0.29, 0.717) is 22.4 Å². The summed E-state index contributed by atoms with van der Waals surface area (Å²) in [6, 6.07) is 19.2. The number of ketones is 1. The summed E-state index contributed by atoms with van der Waals surface area (Å²) >= 11 is 0. The van der Waals surface area contributed by atoms with Crippen LogP contribution in [0.3, 0.4) is 0 Å². The molecule has 1 aliphatic heterocycles. The van der Waals surface area contributed by atoms with Crippen LogP contribution < -0.4 is 9.64 Å². The molecule has 4 aromatic rings. The van der Waals surface area contributed by atoms with Crippen LogP contribution in [0.5, 0.6) is 5.75 Å². The van der Waals surface area contributed by atoms with Crippen LogP contribution in [0.15, 0.2) is 72.3 Å². The van der Waals surface area contributed by atoms with E-state index < -0.39 is 17.7 Å². The zero-order valence-corrected chi connectivity index (χ0v) is 19.0. The second-order valence-electron chi connectivity index (χ2n) is 8.35. The average Bonchev–Trinajstić information content (AvgIpc) is 3.37. The molecule has 0 radical (unpaired) electrons. The van der Waals surface area contributed by atoms with E-state index in [1.807, 2.05) is 62.4 Å². The van der Waals surface area contributed by atoms with Gasteiger partial charge in [0.15, 0.2) is 0 Å². The molecule has 1 aromatic heterocycles. The van der Waals surface area contributed by atoms with Crippen LogP contribution in [-0.4, -0.2) is 33.9 Å². The van der Waals surface area contributed by atoms with Crippen molar-refractivity contribution in [2.45, 2.75) is 19.9 Å². The maximum Gasteiger partial charge on any atom is 0.302 e. The minimum atomic E-state index is -0.845. The lowest BCUT2D eigenvalue weighted by Gasteiger charge is -2.23. The molecule has 1 saturated heterocycles. The zero-order chi connectivity index (χ0) is 24.0. The third-order valence-electron chi connectivity index (χ3n) is 6.08. The van der Waals surface area contributed by atoms with Gasteiger partial charge in [0.1, 0.15) is 11.5 Å². The fourth-order valence-electron chi connectivity index (χ4n) is 4.44. The smallest absolute Gasteiger partial charge is 0.302 e. The van der Waals surface area contributed by atoms with Gasteiger partial charge in [-0.1, -0.05) is 42.0 Å². The quantitative estimate of drug-likeness (QED) is 0.263. The fraction of sp³-hybridized carbons (Fsp3) is 0.148. The van der Waals surface area contributed by atoms with Crippen molar-refractivity contribution in [1.29, 1.82) is 0 Å². The summed E-state index contributed by atoms with van der Waals surface area (Å²) in [5.41, 5.74) is 4.32. The van der Waals surface area contributed by atoms with E-state index in [0.717, 1.165) is 16.6 Å². The summed E-state index contributed by atoms with van der Waals surface area (Å²) in [4.78, 5) is 35.7. The van der Waals surface area contributed by atoms with Crippen LogP contribution in [0.1, 0.15) is 28.3 Å². The molecule has 34 heavy (non-hydrogen) atoms. The van der Waals surface area contributed by atoms with Crippen molar-refractivity contribution in [2.24, 2.45) is 0 Å². The number of hydrogen-bond donors (Lipinski definition) is 2. The maximum atomic E-state index is 13.3. The first-order chi connectivity index (χ1) is 16.4. The molecule has 7 nitrogen and oxygen atoms in total. The molecule has 1 fully saturated rings. The number of carbonyl (C=O) groups is 2. The molecule has 1 atom stereocenters. The molecule has 3 aromatic carbocycles. The highest BCUT2D eigenvalue weighted by atomic mass is 16.5. The largest absolute Gasteiger partial charge is 0.507 e. The van der Waals surface area contributed by atoms with Gasteiger partial charge in [-0.3, -0.25) is 14.5 Å². The number of anilines is 1. The number of para-hydroxylation sites is 2. The van der Waals surface area contributed by atoms with Gasteiger partial charge in [-0.2, -0.15) is 0 Å². The Morgan fingerprint density at radius 1 is 1.03 bits per heavy atom. The van der Waals surface area contributed by atoms with Crippen LogP contribution in [0.4, 0.5) is 5.95 Å². The van der Waals surface area contributed by atoms with E-state index in [2.05, 4.69) is 9.97 Å². The minimum Gasteiger partial charge on any atom is -0.507 e. The van der Waals surface area contributed by atoms with Gasteiger partial charge in [0.25, 0.3) is 5.78 Å². The van der Waals surface area contributed by atoms with E-state index in [9.17, 15) is 14.7 Å². The summed E-state index contributed by atoms with van der Waals surface area (Å²) in [6.07, 6.45) is 0. The second-order valence-corrected chi connectivity index (χ2v) is 8.35. The Balaban J connectivity index is 1.73. The van der Waals surface area contributed by atoms with Crippen molar-refractivity contribution in [3.8, 4) is 5.75 Å². The summed E-state index contributed by atoms with van der Waals surface area (Å²) < 4.78 is 5.31. The lowest BCUT2D eigenvalue weighted by molar-refractivity contribution is -0.132. The molecule has 1 amide bonds. The maximum absolute atomic E-state index is 13.3. The molecule has 1 aliphatic rings. The number of Topliss-reactive ketones (excluding diaryl/α,β-unsaturated/α-hetero) is 1. The van der Waals surface area contributed by atoms with Crippen molar-refractivity contribution in [3.63, 3.8) is 0 Å². The first-order valence-electron chi connectivity index (χ1n) is 10.9. The van der Waals surface area contributed by atoms with Crippen LogP contribution in [0.25, 0.3) is 16.8 Å². The number of aryl methyl sites for hydroxylation is 2. The number of aliphatic hydroxyl groups is 1. The van der Waals surface area contributed by atoms with Crippen LogP contribution >= 0.6 is 0 Å².